The lowest BCUT2D eigenvalue weighted by Gasteiger charge is -2.17. The third-order valence-corrected chi connectivity index (χ3v) is 1.03. The summed E-state index contributed by atoms with van der Waals surface area (Å²) in [7, 11) is 0. The van der Waals surface area contributed by atoms with Crippen molar-refractivity contribution < 1.29 is 19.7 Å². The van der Waals surface area contributed by atoms with Crippen LogP contribution in [0.15, 0.2) is 0 Å². The third-order valence-electron chi connectivity index (χ3n) is 1.03. The highest BCUT2D eigenvalue weighted by atomic mass is 16.8. The van der Waals surface area contributed by atoms with Crippen molar-refractivity contribution in [3.63, 3.8) is 0 Å². The van der Waals surface area contributed by atoms with E-state index in [2.05, 4.69) is 4.74 Å². The fourth-order valence-electron chi connectivity index (χ4n) is 0.512. The Bertz CT molecular complexity index is 119. The van der Waals surface area contributed by atoms with Crippen LogP contribution in [0.1, 0.15) is 20.3 Å². The Labute approximate surface area is 59.4 Å². The molecular weight excluding hydrogens is 136 g/mol. The highest BCUT2D eigenvalue weighted by Crippen LogP contribution is 2.05. The molecule has 0 heterocycles. The van der Waals surface area contributed by atoms with Gasteiger partial charge in [-0.05, 0) is 6.92 Å². The molecular formula is C6H12O4. The highest BCUT2D eigenvalue weighted by Gasteiger charge is 2.31. The Morgan fingerprint density at radius 2 is 2.00 bits per heavy atom. The molecule has 10 heavy (non-hydrogen) atoms. The number of ether oxygens (including phenoxy) is 1. The van der Waals surface area contributed by atoms with Crippen LogP contribution in [0.2, 0.25) is 0 Å². The van der Waals surface area contributed by atoms with Crippen LogP contribution >= 0.6 is 0 Å². The van der Waals surface area contributed by atoms with Crippen molar-refractivity contribution in [1.82, 2.24) is 0 Å². The van der Waals surface area contributed by atoms with Crippen LogP contribution < -0.4 is 0 Å². The Morgan fingerprint density at radius 3 is 2.30 bits per heavy atom. The van der Waals surface area contributed by atoms with E-state index in [9.17, 15) is 4.79 Å². The zero-order chi connectivity index (χ0) is 8.20. The molecule has 0 aliphatic carbocycles. The molecule has 0 aliphatic rings. The summed E-state index contributed by atoms with van der Waals surface area (Å²) >= 11 is 0. The number of hydrogen-bond acceptors (Lipinski definition) is 4. The molecule has 0 fully saturated rings. The number of carbonyl (C=O) groups excluding carboxylic acids is 1. The molecule has 0 aromatic carbocycles. The van der Waals surface area contributed by atoms with E-state index < -0.39 is 11.8 Å². The van der Waals surface area contributed by atoms with Gasteiger partial charge in [0.25, 0.3) is 0 Å². The molecule has 0 aromatic heterocycles. The second-order valence-corrected chi connectivity index (χ2v) is 1.82. The predicted molar refractivity (Wildman–Crippen MR) is 34.1 cm³/mol. The second kappa shape index (κ2) is 3.65. The maximum atomic E-state index is 10.6. The van der Waals surface area contributed by atoms with Crippen molar-refractivity contribution in [3.8, 4) is 0 Å². The fourth-order valence-corrected chi connectivity index (χ4v) is 0.512. The molecule has 0 saturated heterocycles. The Kier molecular flexibility index (Phi) is 3.49. The number of ketones is 1. The van der Waals surface area contributed by atoms with Gasteiger partial charge in [0.05, 0.1) is 6.61 Å². The summed E-state index contributed by atoms with van der Waals surface area (Å²) in [6.07, 6.45) is 0.0486. The molecule has 0 rings (SSSR count). The standard InChI is InChI=1S/C6H12O4/c1-3-5(7)6(8,9)10-4-2/h8-9H,3-4H2,1-2H3. The Morgan fingerprint density at radius 1 is 1.50 bits per heavy atom. The van der Waals surface area contributed by atoms with Gasteiger partial charge in [-0.25, -0.2) is 0 Å². The number of hydrogen-bond donors (Lipinski definition) is 2. The second-order valence-electron chi connectivity index (χ2n) is 1.82. The molecule has 0 spiro atoms. The van der Waals surface area contributed by atoms with Gasteiger partial charge in [-0.2, -0.15) is 0 Å². The predicted octanol–water partition coefficient (Wildman–Crippen LogP) is -0.360. The molecule has 0 atom stereocenters. The molecule has 4 heteroatoms. The van der Waals surface area contributed by atoms with Crippen LogP contribution in [-0.2, 0) is 9.53 Å². The van der Waals surface area contributed by atoms with Crippen molar-refractivity contribution >= 4 is 5.78 Å². The lowest BCUT2D eigenvalue weighted by molar-refractivity contribution is -0.309. The Hall–Kier alpha value is -0.450. The maximum Gasteiger partial charge on any atom is 0.341 e. The molecule has 0 amide bonds. The van der Waals surface area contributed by atoms with Crippen LogP contribution in [0.3, 0.4) is 0 Å². The zero-order valence-corrected chi connectivity index (χ0v) is 6.13. The Balaban J connectivity index is 3.96. The van der Waals surface area contributed by atoms with Crippen molar-refractivity contribution in [2.75, 3.05) is 6.61 Å². The van der Waals surface area contributed by atoms with Crippen LogP contribution in [-0.4, -0.2) is 28.6 Å². The topological polar surface area (TPSA) is 66.8 Å². The summed E-state index contributed by atoms with van der Waals surface area (Å²) in [5.74, 6) is -3.31. The normalized spacial score (nSPS) is 11.6. The summed E-state index contributed by atoms with van der Waals surface area (Å²) in [6, 6.07) is 0. The number of aliphatic hydroxyl groups is 2. The number of Topliss-reactive ketones (excluding diaryl/α,β-unsaturated/α-hetero) is 1. The third kappa shape index (κ3) is 2.43. The molecule has 0 unspecified atom stereocenters. The van der Waals surface area contributed by atoms with Gasteiger partial charge < -0.3 is 14.9 Å². The lowest BCUT2D eigenvalue weighted by atomic mass is 10.3. The van der Waals surface area contributed by atoms with E-state index in [0.717, 1.165) is 0 Å². The van der Waals surface area contributed by atoms with Crippen LogP contribution in [0.5, 0.6) is 0 Å². The van der Waals surface area contributed by atoms with Crippen LogP contribution in [0, 0.1) is 0 Å². The van der Waals surface area contributed by atoms with E-state index in [1.54, 1.807) is 6.92 Å². The summed E-state index contributed by atoms with van der Waals surface area (Å²) in [5, 5.41) is 17.5. The van der Waals surface area contributed by atoms with E-state index in [1.807, 2.05) is 0 Å². The molecule has 0 radical (unpaired) electrons. The molecule has 0 bridgehead atoms. The molecule has 0 saturated carbocycles. The number of carbonyl (C=O) groups is 1. The first-order valence-electron chi connectivity index (χ1n) is 3.16. The molecule has 0 aromatic rings. The largest absolute Gasteiger partial charge is 0.341 e. The minimum atomic E-state index is -2.58. The first-order chi connectivity index (χ1) is 4.54. The van der Waals surface area contributed by atoms with Crippen molar-refractivity contribution in [1.29, 1.82) is 0 Å². The van der Waals surface area contributed by atoms with Gasteiger partial charge in [0.15, 0.2) is 0 Å². The van der Waals surface area contributed by atoms with Crippen molar-refractivity contribution in [2.24, 2.45) is 0 Å². The van der Waals surface area contributed by atoms with Gasteiger partial charge in [-0.1, -0.05) is 6.92 Å². The molecule has 60 valence electrons. The summed E-state index contributed by atoms with van der Waals surface area (Å²) in [5.41, 5.74) is 0. The van der Waals surface area contributed by atoms with Crippen molar-refractivity contribution in [2.45, 2.75) is 26.2 Å². The fraction of sp³-hybridized carbons (Fsp3) is 0.833. The van der Waals surface area contributed by atoms with E-state index in [0.29, 0.717) is 0 Å². The van der Waals surface area contributed by atoms with E-state index in [-0.39, 0.29) is 13.0 Å². The van der Waals surface area contributed by atoms with Crippen LogP contribution in [0.25, 0.3) is 0 Å². The van der Waals surface area contributed by atoms with E-state index >= 15 is 0 Å². The van der Waals surface area contributed by atoms with Gasteiger partial charge >= 0.3 is 5.97 Å². The van der Waals surface area contributed by atoms with Crippen LogP contribution in [0.4, 0.5) is 0 Å². The van der Waals surface area contributed by atoms with Gasteiger partial charge in [-0.3, -0.25) is 4.79 Å². The minimum absolute atomic E-state index is 0.0486. The maximum absolute atomic E-state index is 10.6. The molecule has 4 nitrogen and oxygen atoms in total. The quantitative estimate of drug-likeness (QED) is 0.534. The average Bonchev–Trinajstić information content (AvgIpc) is 1.86. The number of rotatable bonds is 4. The first kappa shape index (κ1) is 9.55. The minimum Gasteiger partial charge on any atom is -0.337 e. The monoisotopic (exact) mass is 148 g/mol. The first-order valence-corrected chi connectivity index (χ1v) is 3.16. The molecule has 0 aliphatic heterocycles. The summed E-state index contributed by atoms with van der Waals surface area (Å²) in [6.45, 7) is 3.20. The van der Waals surface area contributed by atoms with Gasteiger partial charge in [-0.15, -0.1) is 0 Å². The summed E-state index contributed by atoms with van der Waals surface area (Å²) in [4.78, 5) is 10.6. The van der Waals surface area contributed by atoms with Crippen molar-refractivity contribution in [3.05, 3.63) is 0 Å². The van der Waals surface area contributed by atoms with Gasteiger partial charge in [0.2, 0.25) is 5.78 Å². The van der Waals surface area contributed by atoms with Gasteiger partial charge in [0, 0.05) is 6.42 Å². The average molecular weight is 148 g/mol. The SMILES string of the molecule is CCOC(O)(O)C(=O)CC. The smallest absolute Gasteiger partial charge is 0.337 e. The lowest BCUT2D eigenvalue weighted by Crippen LogP contribution is -2.40. The molecule has 2 N–H and O–H groups in total. The van der Waals surface area contributed by atoms with Gasteiger partial charge in [0.1, 0.15) is 0 Å². The zero-order valence-electron chi connectivity index (χ0n) is 6.13. The summed E-state index contributed by atoms with van der Waals surface area (Å²) < 4.78 is 4.34. The highest BCUT2D eigenvalue weighted by molar-refractivity contribution is 5.83. The van der Waals surface area contributed by atoms with E-state index in [4.69, 9.17) is 10.2 Å². The van der Waals surface area contributed by atoms with E-state index in [1.165, 1.54) is 6.92 Å².